The van der Waals surface area contributed by atoms with Crippen molar-refractivity contribution < 1.29 is 24.0 Å². The van der Waals surface area contributed by atoms with Gasteiger partial charge in [-0.05, 0) is 38.6 Å². The first-order valence-electron chi connectivity index (χ1n) is 9.50. The molecule has 0 aliphatic rings. The normalized spacial score (nSPS) is 11.0. The van der Waals surface area contributed by atoms with Gasteiger partial charge in [0, 0.05) is 18.3 Å². The number of aromatic carboxylic acids is 1. The standard InChI is InChI=1S/C21H23N5O5/c1-14-19(15(2)31-23-14)11-25-10-18(8-22-25)26(13-27)20(28)12-24(3)9-16-5-4-6-17(7-16)21(29)30/h4-8,10,13H,9,11-12H2,1-3H3,(H,29,30). The van der Waals surface area contributed by atoms with E-state index < -0.39 is 11.9 Å². The molecule has 0 unspecified atom stereocenters. The molecule has 0 saturated carbocycles. The highest BCUT2D eigenvalue weighted by molar-refractivity contribution is 6.07. The van der Waals surface area contributed by atoms with Crippen LogP contribution in [0.3, 0.4) is 0 Å². The lowest BCUT2D eigenvalue weighted by Gasteiger charge is -2.20. The number of aryl methyl sites for hydroxylation is 2. The van der Waals surface area contributed by atoms with E-state index in [2.05, 4.69) is 10.3 Å². The minimum Gasteiger partial charge on any atom is -0.478 e. The third-order valence-electron chi connectivity index (χ3n) is 4.80. The maximum absolute atomic E-state index is 12.7. The van der Waals surface area contributed by atoms with Crippen molar-refractivity contribution in [1.82, 2.24) is 19.8 Å². The molecule has 0 saturated heterocycles. The van der Waals surface area contributed by atoms with Crippen molar-refractivity contribution in [2.75, 3.05) is 18.5 Å². The van der Waals surface area contributed by atoms with Crippen LogP contribution in [0.4, 0.5) is 5.69 Å². The molecule has 1 aromatic carbocycles. The summed E-state index contributed by atoms with van der Waals surface area (Å²) in [4.78, 5) is 38.1. The van der Waals surface area contributed by atoms with Crippen LogP contribution >= 0.6 is 0 Å². The molecule has 0 spiro atoms. The highest BCUT2D eigenvalue weighted by Crippen LogP contribution is 2.17. The molecular weight excluding hydrogens is 402 g/mol. The van der Waals surface area contributed by atoms with Crippen LogP contribution in [0.1, 0.15) is 32.9 Å². The van der Waals surface area contributed by atoms with Crippen molar-refractivity contribution in [1.29, 1.82) is 0 Å². The minimum absolute atomic E-state index is 0.0366. The molecule has 1 N–H and O–H groups in total. The van der Waals surface area contributed by atoms with Crippen molar-refractivity contribution in [2.45, 2.75) is 26.9 Å². The second-order valence-corrected chi connectivity index (χ2v) is 7.25. The molecule has 0 aliphatic carbocycles. The van der Waals surface area contributed by atoms with Crippen molar-refractivity contribution in [3.05, 3.63) is 64.8 Å². The van der Waals surface area contributed by atoms with Crippen molar-refractivity contribution in [3.8, 4) is 0 Å². The fourth-order valence-electron chi connectivity index (χ4n) is 3.19. The Bertz CT molecular complexity index is 1080. The molecule has 0 aliphatic heterocycles. The first-order chi connectivity index (χ1) is 14.8. The molecule has 162 valence electrons. The molecule has 10 nitrogen and oxygen atoms in total. The number of amides is 2. The second-order valence-electron chi connectivity index (χ2n) is 7.25. The van der Waals surface area contributed by atoms with E-state index in [1.165, 1.54) is 12.3 Å². The zero-order valence-corrected chi connectivity index (χ0v) is 17.5. The molecule has 2 heterocycles. The van der Waals surface area contributed by atoms with E-state index in [9.17, 15) is 14.4 Å². The summed E-state index contributed by atoms with van der Waals surface area (Å²) in [6.45, 7) is 4.36. The van der Waals surface area contributed by atoms with Gasteiger partial charge in [-0.25, -0.2) is 9.69 Å². The highest BCUT2D eigenvalue weighted by atomic mass is 16.5. The van der Waals surface area contributed by atoms with Gasteiger partial charge in [-0.1, -0.05) is 17.3 Å². The van der Waals surface area contributed by atoms with Crippen LogP contribution in [0.25, 0.3) is 0 Å². The average Bonchev–Trinajstić information content (AvgIpc) is 3.30. The molecular formula is C21H23N5O5. The summed E-state index contributed by atoms with van der Waals surface area (Å²) in [6.07, 6.45) is 3.51. The fourth-order valence-corrected chi connectivity index (χ4v) is 3.19. The van der Waals surface area contributed by atoms with Gasteiger partial charge in [-0.15, -0.1) is 0 Å². The topological polar surface area (TPSA) is 122 Å². The number of benzene rings is 1. The summed E-state index contributed by atoms with van der Waals surface area (Å²) in [7, 11) is 1.72. The number of likely N-dealkylation sites (N-methyl/N-ethyl adjacent to an activating group) is 1. The van der Waals surface area contributed by atoms with Gasteiger partial charge in [0.25, 0.3) is 0 Å². The van der Waals surface area contributed by atoms with E-state index in [-0.39, 0.29) is 12.1 Å². The highest BCUT2D eigenvalue weighted by Gasteiger charge is 2.19. The van der Waals surface area contributed by atoms with Gasteiger partial charge in [0.1, 0.15) is 5.76 Å². The monoisotopic (exact) mass is 425 g/mol. The number of nitrogens with zero attached hydrogens (tertiary/aromatic N) is 5. The predicted octanol–water partition coefficient (Wildman–Crippen LogP) is 1.86. The summed E-state index contributed by atoms with van der Waals surface area (Å²) in [6, 6.07) is 6.49. The number of hydrogen-bond donors (Lipinski definition) is 1. The Morgan fingerprint density at radius 3 is 2.71 bits per heavy atom. The number of carboxylic acid groups (broad SMARTS) is 1. The van der Waals surface area contributed by atoms with E-state index >= 15 is 0 Å². The number of hydrogen-bond acceptors (Lipinski definition) is 7. The second kappa shape index (κ2) is 9.35. The van der Waals surface area contributed by atoms with E-state index in [0.717, 1.165) is 21.7 Å². The van der Waals surface area contributed by atoms with Gasteiger partial charge in [0.15, 0.2) is 0 Å². The van der Waals surface area contributed by atoms with Gasteiger partial charge in [-0.2, -0.15) is 5.10 Å². The number of carbonyl (C=O) groups excluding carboxylic acids is 2. The number of rotatable bonds is 9. The molecule has 3 aromatic rings. The number of imide groups is 1. The van der Waals surface area contributed by atoms with E-state index in [1.54, 1.807) is 41.0 Å². The Hall–Kier alpha value is -3.79. The first kappa shape index (κ1) is 21.9. The van der Waals surface area contributed by atoms with Gasteiger partial charge >= 0.3 is 5.97 Å². The SMILES string of the molecule is Cc1noc(C)c1Cn1cc(N(C=O)C(=O)CN(C)Cc2cccc(C(=O)O)c2)cn1. The summed E-state index contributed by atoms with van der Waals surface area (Å²) in [5.41, 5.74) is 2.93. The predicted molar refractivity (Wildman–Crippen MR) is 111 cm³/mol. The summed E-state index contributed by atoms with van der Waals surface area (Å²) in [5, 5.41) is 17.2. The molecule has 0 bridgehead atoms. The summed E-state index contributed by atoms with van der Waals surface area (Å²) in [5.74, 6) is -0.753. The number of anilines is 1. The van der Waals surface area contributed by atoms with Crippen LogP contribution in [0.2, 0.25) is 0 Å². The molecule has 3 rings (SSSR count). The van der Waals surface area contributed by atoms with Crippen LogP contribution in [-0.2, 0) is 22.7 Å². The van der Waals surface area contributed by atoms with Crippen LogP contribution < -0.4 is 4.90 Å². The number of carboxylic acids is 1. The number of carbonyl (C=O) groups is 3. The lowest BCUT2D eigenvalue weighted by Crippen LogP contribution is -2.38. The smallest absolute Gasteiger partial charge is 0.335 e. The first-order valence-corrected chi connectivity index (χ1v) is 9.50. The van der Waals surface area contributed by atoms with Gasteiger partial charge in [0.05, 0.1) is 36.2 Å². The maximum atomic E-state index is 12.7. The summed E-state index contributed by atoms with van der Waals surface area (Å²) < 4.78 is 6.75. The molecule has 2 amide bonds. The lowest BCUT2D eigenvalue weighted by atomic mass is 10.1. The molecule has 0 atom stereocenters. The van der Waals surface area contributed by atoms with Gasteiger partial charge < -0.3 is 9.63 Å². The molecule has 2 aromatic heterocycles. The zero-order valence-electron chi connectivity index (χ0n) is 17.5. The molecule has 31 heavy (non-hydrogen) atoms. The van der Waals surface area contributed by atoms with Crippen LogP contribution in [-0.4, -0.2) is 56.8 Å². The van der Waals surface area contributed by atoms with Crippen molar-refractivity contribution in [2.24, 2.45) is 0 Å². The van der Waals surface area contributed by atoms with E-state index in [4.69, 9.17) is 9.63 Å². The van der Waals surface area contributed by atoms with Crippen LogP contribution in [0, 0.1) is 13.8 Å². The maximum Gasteiger partial charge on any atom is 0.335 e. The molecule has 10 heteroatoms. The van der Waals surface area contributed by atoms with Crippen molar-refractivity contribution in [3.63, 3.8) is 0 Å². The third-order valence-corrected chi connectivity index (χ3v) is 4.80. The van der Waals surface area contributed by atoms with Crippen LogP contribution in [0.15, 0.2) is 41.2 Å². The van der Waals surface area contributed by atoms with Gasteiger partial charge in [-0.3, -0.25) is 19.2 Å². The minimum atomic E-state index is -1.01. The van der Waals surface area contributed by atoms with Crippen molar-refractivity contribution >= 4 is 24.0 Å². The molecule has 0 radical (unpaired) electrons. The zero-order chi connectivity index (χ0) is 22.5. The Kier molecular flexibility index (Phi) is 6.61. The Balaban J connectivity index is 1.65. The fraction of sp³-hybridized carbons (Fsp3) is 0.286. The van der Waals surface area contributed by atoms with E-state index in [1.807, 2.05) is 13.8 Å². The van der Waals surface area contributed by atoms with E-state index in [0.29, 0.717) is 30.9 Å². The van der Waals surface area contributed by atoms with Gasteiger partial charge in [0.2, 0.25) is 12.3 Å². The van der Waals surface area contributed by atoms with Crippen LogP contribution in [0.5, 0.6) is 0 Å². The lowest BCUT2D eigenvalue weighted by molar-refractivity contribution is -0.122. The average molecular weight is 425 g/mol. The largest absolute Gasteiger partial charge is 0.478 e. The Labute approximate surface area is 178 Å². The summed E-state index contributed by atoms with van der Waals surface area (Å²) >= 11 is 0. The quantitative estimate of drug-likeness (QED) is 0.516. The third kappa shape index (κ3) is 5.23. The Morgan fingerprint density at radius 2 is 2.06 bits per heavy atom. The number of aromatic nitrogens is 3. The molecule has 0 fully saturated rings. The Morgan fingerprint density at radius 1 is 1.29 bits per heavy atom.